The first kappa shape index (κ1) is 119. The van der Waals surface area contributed by atoms with Gasteiger partial charge < -0.3 is 151 Å². The average molecular weight is 2040 g/mol. The van der Waals surface area contributed by atoms with E-state index in [0.717, 1.165) is 26.8 Å². The van der Waals surface area contributed by atoms with Crippen molar-refractivity contribution in [1.29, 1.82) is 0 Å². The second kappa shape index (κ2) is 55.9. The van der Waals surface area contributed by atoms with Crippen LogP contribution in [0.5, 0.6) is 5.75 Å². The summed E-state index contributed by atoms with van der Waals surface area (Å²) in [6.07, 6.45) is -13.7. The van der Waals surface area contributed by atoms with E-state index in [-0.39, 0.29) is 58.2 Å². The van der Waals surface area contributed by atoms with Crippen LogP contribution in [0.1, 0.15) is 156 Å². The number of phenolic OH excluding ortho intramolecular Hbond substituents is 1. The zero-order valence-corrected chi connectivity index (χ0v) is 80.3. The molecular weight excluding hydrogens is 1920 g/mol. The molecule has 1 heterocycles. The Morgan fingerprint density at radius 2 is 0.722 bits per heavy atom. The van der Waals surface area contributed by atoms with Gasteiger partial charge in [0.25, 0.3) is 0 Å². The van der Waals surface area contributed by atoms with Crippen LogP contribution in [0.15, 0.2) is 94.1 Å². The molecule has 144 heavy (non-hydrogen) atoms. The third-order valence-electron chi connectivity index (χ3n) is 21.5. The molecule has 1 aliphatic heterocycles. The van der Waals surface area contributed by atoms with Gasteiger partial charge in [-0.1, -0.05) is 77.9 Å². The van der Waals surface area contributed by atoms with Crippen molar-refractivity contribution >= 4 is 164 Å². The maximum Gasteiger partial charge on any atom is 0.336 e. The first-order valence-corrected chi connectivity index (χ1v) is 45.3. The summed E-state index contributed by atoms with van der Waals surface area (Å²) in [7, 11) is 0. The van der Waals surface area contributed by atoms with Gasteiger partial charge in [0.1, 0.15) is 108 Å². The van der Waals surface area contributed by atoms with Gasteiger partial charge in [0.15, 0.2) is 10.5 Å². The number of carboxylic acid groups (broad SMARTS) is 7. The Labute approximate surface area is 825 Å². The Hall–Kier alpha value is -15.9. The minimum atomic E-state index is -2.31. The molecule has 0 saturated heterocycles. The predicted octanol–water partition coefficient (Wildman–Crippen LogP) is -4.30. The molecule has 15 amide bonds. The van der Waals surface area contributed by atoms with Gasteiger partial charge in [-0.05, 0) is 137 Å². The number of aliphatic hydroxyl groups is 3. The molecule has 0 spiro atoms. The molecule has 17 atom stereocenters. The molecule has 52 nitrogen and oxygen atoms in total. The lowest BCUT2D eigenvalue weighted by molar-refractivity contribution is -0.143. The number of nitrogens with one attached hydrogen (secondary N) is 16. The summed E-state index contributed by atoms with van der Waals surface area (Å²) in [6.45, 7) is 12.5. The van der Waals surface area contributed by atoms with Crippen molar-refractivity contribution < 1.29 is 166 Å². The van der Waals surface area contributed by atoms with Crippen molar-refractivity contribution in [2.45, 2.75) is 249 Å². The van der Waals surface area contributed by atoms with Gasteiger partial charge in [-0.25, -0.2) is 4.79 Å². The maximum atomic E-state index is 14.5. The van der Waals surface area contributed by atoms with Crippen LogP contribution in [-0.2, 0) is 107 Å². The number of anilines is 1. The first-order chi connectivity index (χ1) is 67.4. The van der Waals surface area contributed by atoms with Crippen molar-refractivity contribution in [3.63, 3.8) is 0 Å². The number of hydrogen-bond donors (Lipinski definition) is 28. The van der Waals surface area contributed by atoms with E-state index in [9.17, 15) is 166 Å². The van der Waals surface area contributed by atoms with E-state index >= 15 is 0 Å². The van der Waals surface area contributed by atoms with Crippen LogP contribution in [0.2, 0.25) is 0 Å². The number of carboxylic acids is 7. The number of amides is 15. The minimum absolute atomic E-state index is 0.0213. The molecule has 29 N–H and O–H groups in total. The van der Waals surface area contributed by atoms with Gasteiger partial charge in [0.05, 0.1) is 50.1 Å². The van der Waals surface area contributed by atoms with Crippen LogP contribution >= 0.6 is 12.2 Å². The predicted molar refractivity (Wildman–Crippen MR) is 506 cm³/mol. The third-order valence-corrected chi connectivity index (χ3v) is 21.7. The van der Waals surface area contributed by atoms with Crippen molar-refractivity contribution in [2.24, 2.45) is 23.5 Å². The summed E-state index contributed by atoms with van der Waals surface area (Å²) in [5, 5.41) is 148. The van der Waals surface area contributed by atoms with Gasteiger partial charge in [-0.15, -0.1) is 0 Å². The number of primary amides is 1. The molecule has 2 aliphatic rings. The molecule has 53 heteroatoms. The van der Waals surface area contributed by atoms with Gasteiger partial charge in [0.2, 0.25) is 88.6 Å². The largest absolute Gasteiger partial charge is 0.508 e. The van der Waals surface area contributed by atoms with Gasteiger partial charge >= 0.3 is 41.8 Å². The fourth-order valence-corrected chi connectivity index (χ4v) is 14.6. The highest BCUT2D eigenvalue weighted by Crippen LogP contribution is 2.43. The molecule has 784 valence electrons. The highest BCUT2D eigenvalue weighted by atomic mass is 32.1. The summed E-state index contributed by atoms with van der Waals surface area (Å²) >= 11 is 5.48. The number of aromatic hydroxyl groups is 1. The number of benzene rings is 4. The SMILES string of the molecule is CC(C)C[C@H](NC(=O)[C@H](CC(=O)O)NC(=O)[C@H](CC(=O)O)NC(=O)[C@H](C)NC(=O)[C@@H](NC(=O)[C@H](Cc1ccccc1)NC(=O)[C@H](CC(=O)O)NC(=S)Nc1ccc(-c2c3ccc(=O)cc-3oc3cc(O)ccc23)c(C(=O)O)c1)[C@@H](C)O)C(=O)N[C@@H](CCC(=O)O)C(=O)N[C@@H](CCC(=O)O)C(=O)N[C@@H](CC(C)C)C(=O)N[C@@H](CC(=O)O)C(=O)N[C@H](C(=O)N[C@@H](CC(C)C)C(=O)N[C@@H](C)C(=O)N[C@@H](CO)C(N)=O)[C@@H](C)O. The number of aliphatic carboxylic acids is 6. The normalized spacial score (nSPS) is 14.7. The van der Waals surface area contributed by atoms with E-state index in [1.807, 2.05) is 10.6 Å². The van der Waals surface area contributed by atoms with E-state index in [1.165, 1.54) is 95.3 Å². The Morgan fingerprint density at radius 3 is 1.13 bits per heavy atom. The number of aliphatic hydroxyl groups excluding tert-OH is 3. The molecule has 0 aromatic heterocycles. The minimum Gasteiger partial charge on any atom is -0.508 e. The summed E-state index contributed by atoms with van der Waals surface area (Å²) in [6, 6.07) is -9.15. The summed E-state index contributed by atoms with van der Waals surface area (Å²) in [5.41, 5.74) is 5.51. The maximum absolute atomic E-state index is 14.5. The summed E-state index contributed by atoms with van der Waals surface area (Å²) in [5.74, 6) is -33.0. The van der Waals surface area contributed by atoms with E-state index in [2.05, 4.69) is 74.4 Å². The van der Waals surface area contributed by atoms with Crippen molar-refractivity contribution in [3.05, 3.63) is 106 Å². The van der Waals surface area contributed by atoms with Crippen LogP contribution in [-0.4, -0.2) is 301 Å². The first-order valence-electron chi connectivity index (χ1n) is 44.9. The lowest BCUT2D eigenvalue weighted by Gasteiger charge is -2.29. The second-order valence-corrected chi connectivity index (χ2v) is 35.4. The second-order valence-electron chi connectivity index (χ2n) is 35.0. The molecule has 3 aromatic carbocycles. The molecule has 3 aromatic rings. The lowest BCUT2D eigenvalue weighted by Crippen LogP contribution is -2.62. The Balaban J connectivity index is 1.32. The molecular formula is C91H119N17O35S. The van der Waals surface area contributed by atoms with Crippen LogP contribution in [0.4, 0.5) is 5.69 Å². The molecule has 1 aliphatic carbocycles. The standard InChI is InChI=1S/C91H119N17O35S/c1-38(2)26-55(80(131)93-41(7)77(128)105-63(37-109)75(92)126)104-89(140)74(44(10)111)108-87(138)61(35-70(122)123)103-82(133)57(28-40(5)6)99-79(130)54(23-25-67(116)117)96-78(129)53(22-24-66(114)115)97-81(132)56(27-39(3)4)100-84(135)60(34-69(120)121)102-83(134)59(33-68(118)119)98-76(127)42(8)94-88(139)73(43(9)110)107-86(137)58(29-45-14-12-11-13-15-45)101-85(136)62(36-71(124)125)106-91(144)95-46-16-19-49(52(30-46)90(141)142)72-50-20-17-47(112)31-64(50)143-65-32-48(113)18-21-51(65)72/h11-21,30-32,38-44,53-63,73-74,109-112H,22-29,33-37H2,1-10H3,(H2,92,126)(H,93,131)(H,94,139)(H,96,129)(H,97,132)(H,98,127)(H,99,130)(H,100,135)(H,101,136)(H,102,134)(H,103,133)(H,104,140)(H,105,128)(H,107,137)(H,108,138)(H,114,115)(H,116,117)(H,118,119)(H,120,121)(H,122,123)(H,124,125)(H,141,142)(H2,95,106,144)/t41-,42-,43+,44+,53-,54-,55-,56-,57-,58-,59-,60-,61-,62-,63-,73-,74-/m0/s1. The number of thiocarbonyl (C=S) groups is 1. The van der Waals surface area contributed by atoms with E-state index < -0.39 is 326 Å². The fraction of sp³-hybridized carbons (Fsp3) is 0.473. The van der Waals surface area contributed by atoms with Gasteiger partial charge in [0, 0.05) is 53.6 Å². The van der Waals surface area contributed by atoms with Crippen LogP contribution in [0, 0.1) is 17.8 Å². The Morgan fingerprint density at radius 1 is 0.368 bits per heavy atom. The zero-order valence-electron chi connectivity index (χ0n) is 79.5. The lowest BCUT2D eigenvalue weighted by atomic mass is 9.90. The van der Waals surface area contributed by atoms with Crippen molar-refractivity contribution in [2.75, 3.05) is 11.9 Å². The highest BCUT2D eigenvalue weighted by molar-refractivity contribution is 7.80. The average Bonchev–Trinajstić information content (AvgIpc) is 0.745. The number of carbonyl (C=O) groups excluding carboxylic acids is 15. The summed E-state index contributed by atoms with van der Waals surface area (Å²) < 4.78 is 5.90. The molecule has 0 saturated carbocycles. The Kier molecular flexibility index (Phi) is 46.0. The molecule has 0 radical (unpaired) electrons. The number of aromatic carboxylic acids is 1. The number of rotatable bonds is 58. The van der Waals surface area contributed by atoms with Crippen molar-refractivity contribution in [1.82, 2.24) is 79.8 Å². The number of hydrogen-bond acceptors (Lipinski definition) is 29. The highest BCUT2D eigenvalue weighted by Gasteiger charge is 2.42. The number of fused-ring (bicyclic) bond motifs is 2. The molecule has 5 rings (SSSR count). The number of carbonyl (C=O) groups is 22. The number of phenols is 1. The smallest absolute Gasteiger partial charge is 0.336 e. The van der Waals surface area contributed by atoms with E-state index in [0.29, 0.717) is 16.5 Å². The quantitative estimate of drug-likeness (QED) is 0.0129. The van der Waals surface area contributed by atoms with Crippen LogP contribution in [0.25, 0.3) is 33.4 Å². The van der Waals surface area contributed by atoms with Crippen LogP contribution < -0.4 is 96.2 Å². The van der Waals surface area contributed by atoms with Gasteiger partial charge in [-0.3, -0.25) is 105 Å². The zero-order chi connectivity index (χ0) is 108. The fourth-order valence-electron chi connectivity index (χ4n) is 14.3. The Bertz CT molecular complexity index is 5620. The van der Waals surface area contributed by atoms with E-state index in [1.54, 1.807) is 32.0 Å². The van der Waals surface area contributed by atoms with Crippen molar-refractivity contribution in [3.8, 4) is 28.2 Å². The molecule has 0 fully saturated rings. The van der Waals surface area contributed by atoms with Gasteiger partial charge in [-0.2, -0.15) is 0 Å². The molecule has 0 unspecified atom stereocenters. The third kappa shape index (κ3) is 38.2. The topological polar surface area (TPSA) is 847 Å². The monoisotopic (exact) mass is 2040 g/mol. The number of nitrogens with two attached hydrogens (primary N) is 1. The summed E-state index contributed by atoms with van der Waals surface area (Å²) in [4.78, 5) is 308. The molecule has 0 bridgehead atoms. The van der Waals surface area contributed by atoms with Crippen LogP contribution in [0.3, 0.4) is 0 Å². The van der Waals surface area contributed by atoms with E-state index in [4.69, 9.17) is 22.4 Å².